The molecular formula is C18H20F2N2O2. The summed E-state index contributed by atoms with van der Waals surface area (Å²) in [5.74, 6) is -0.414. The summed E-state index contributed by atoms with van der Waals surface area (Å²) in [6.07, 6.45) is -0.470. The van der Waals surface area contributed by atoms with Gasteiger partial charge in [-0.15, -0.1) is 0 Å². The number of alkyl halides is 1. The summed E-state index contributed by atoms with van der Waals surface area (Å²) >= 11 is 0. The molecule has 1 aromatic heterocycles. The minimum atomic E-state index is -1.43. The fraction of sp³-hybridized carbons (Fsp3) is 0.333. The second-order valence-electron chi connectivity index (χ2n) is 6.36. The number of nitrogens with one attached hydrogen (secondary N) is 1. The summed E-state index contributed by atoms with van der Waals surface area (Å²) in [7, 11) is 0. The first-order valence-corrected chi connectivity index (χ1v) is 7.56. The number of hydrogen-bond acceptors (Lipinski definition) is 3. The normalized spacial score (nSPS) is 12.5. The van der Waals surface area contributed by atoms with Gasteiger partial charge >= 0.3 is 6.09 Å². The van der Waals surface area contributed by atoms with E-state index >= 15 is 0 Å². The van der Waals surface area contributed by atoms with Crippen molar-refractivity contribution in [1.29, 1.82) is 0 Å². The zero-order valence-corrected chi connectivity index (χ0v) is 13.8. The van der Waals surface area contributed by atoms with Gasteiger partial charge in [-0.05, 0) is 50.1 Å². The topological polar surface area (TPSA) is 51.2 Å². The molecule has 0 aliphatic heterocycles. The maximum absolute atomic E-state index is 14.4. The van der Waals surface area contributed by atoms with E-state index in [1.54, 1.807) is 32.9 Å². The predicted octanol–water partition coefficient (Wildman–Crippen LogP) is 4.30. The quantitative estimate of drug-likeness (QED) is 0.907. The van der Waals surface area contributed by atoms with Crippen molar-refractivity contribution in [3.05, 3.63) is 65.2 Å². The monoisotopic (exact) mass is 334 g/mol. The van der Waals surface area contributed by atoms with Crippen molar-refractivity contribution in [2.24, 2.45) is 0 Å². The van der Waals surface area contributed by atoms with E-state index in [1.165, 1.54) is 30.5 Å². The molecule has 0 bridgehead atoms. The van der Waals surface area contributed by atoms with E-state index in [4.69, 9.17) is 4.74 Å². The number of alkyl carbamates (subject to hydrolysis) is 1. The Balaban J connectivity index is 1.95. The number of hydrogen-bond donors (Lipinski definition) is 1. The van der Waals surface area contributed by atoms with Crippen LogP contribution in [-0.2, 0) is 11.3 Å². The third-order valence-electron chi connectivity index (χ3n) is 3.11. The summed E-state index contributed by atoms with van der Waals surface area (Å²) < 4.78 is 32.4. The Labute approximate surface area is 139 Å². The van der Waals surface area contributed by atoms with Gasteiger partial charge in [-0.25, -0.2) is 13.6 Å². The van der Waals surface area contributed by atoms with Gasteiger partial charge in [0.05, 0.1) is 5.69 Å². The molecule has 0 fully saturated rings. The molecule has 1 N–H and O–H groups in total. The Morgan fingerprint density at radius 2 is 1.88 bits per heavy atom. The van der Waals surface area contributed by atoms with Crippen LogP contribution >= 0.6 is 0 Å². The number of pyridine rings is 1. The van der Waals surface area contributed by atoms with Crippen molar-refractivity contribution in [1.82, 2.24) is 10.3 Å². The number of nitrogens with zero attached hydrogens (tertiary/aromatic N) is 1. The Morgan fingerprint density at radius 1 is 1.21 bits per heavy atom. The molecular weight excluding hydrogens is 314 g/mol. The van der Waals surface area contributed by atoms with Crippen LogP contribution < -0.4 is 5.32 Å². The van der Waals surface area contributed by atoms with Crippen LogP contribution in [0.1, 0.15) is 43.8 Å². The van der Waals surface area contributed by atoms with E-state index in [1.807, 2.05) is 0 Å². The van der Waals surface area contributed by atoms with Crippen molar-refractivity contribution in [3.63, 3.8) is 0 Å². The molecule has 1 heterocycles. The average Bonchev–Trinajstić information content (AvgIpc) is 2.52. The molecule has 24 heavy (non-hydrogen) atoms. The number of amides is 1. The molecule has 1 amide bonds. The first kappa shape index (κ1) is 17.8. The van der Waals surface area contributed by atoms with Gasteiger partial charge in [0.25, 0.3) is 0 Å². The number of ether oxygens (including phenoxy) is 1. The first-order chi connectivity index (χ1) is 11.2. The molecule has 0 spiro atoms. The van der Waals surface area contributed by atoms with Crippen molar-refractivity contribution in [3.8, 4) is 0 Å². The van der Waals surface area contributed by atoms with Gasteiger partial charge in [0.1, 0.15) is 11.4 Å². The molecule has 2 aromatic rings. The van der Waals surface area contributed by atoms with Crippen molar-refractivity contribution in [2.75, 3.05) is 0 Å². The van der Waals surface area contributed by atoms with Gasteiger partial charge in [-0.1, -0.05) is 18.2 Å². The SMILES string of the molecule is CC(C)(C)OC(=O)NCc1ccc(C(F)c2ccc(F)cc2)nc1. The highest BCUT2D eigenvalue weighted by atomic mass is 19.1. The lowest BCUT2D eigenvalue weighted by Crippen LogP contribution is -2.32. The number of carbonyl (C=O) groups is 1. The smallest absolute Gasteiger partial charge is 0.407 e. The summed E-state index contributed by atoms with van der Waals surface area (Å²) in [6.45, 7) is 5.56. The van der Waals surface area contributed by atoms with Crippen LogP contribution in [0.3, 0.4) is 0 Å². The first-order valence-electron chi connectivity index (χ1n) is 7.56. The zero-order valence-electron chi connectivity index (χ0n) is 13.8. The lowest BCUT2D eigenvalue weighted by atomic mass is 10.1. The van der Waals surface area contributed by atoms with Crippen LogP contribution in [0.25, 0.3) is 0 Å². The van der Waals surface area contributed by atoms with Crippen LogP contribution in [0.4, 0.5) is 13.6 Å². The highest BCUT2D eigenvalue weighted by Crippen LogP contribution is 2.24. The Morgan fingerprint density at radius 3 is 2.42 bits per heavy atom. The van der Waals surface area contributed by atoms with E-state index in [0.717, 1.165) is 5.56 Å². The minimum absolute atomic E-state index is 0.225. The molecule has 0 radical (unpaired) electrons. The fourth-order valence-electron chi connectivity index (χ4n) is 1.98. The molecule has 0 aliphatic carbocycles. The minimum Gasteiger partial charge on any atom is -0.444 e. The van der Waals surface area contributed by atoms with Crippen molar-refractivity contribution >= 4 is 6.09 Å². The molecule has 1 unspecified atom stereocenters. The highest BCUT2D eigenvalue weighted by Gasteiger charge is 2.16. The van der Waals surface area contributed by atoms with Crippen LogP contribution in [0.5, 0.6) is 0 Å². The summed E-state index contributed by atoms with van der Waals surface area (Å²) in [6, 6.07) is 8.41. The number of aromatic nitrogens is 1. The third-order valence-corrected chi connectivity index (χ3v) is 3.11. The van der Waals surface area contributed by atoms with Gasteiger partial charge in [0.2, 0.25) is 0 Å². The predicted molar refractivity (Wildman–Crippen MR) is 86.7 cm³/mol. The van der Waals surface area contributed by atoms with E-state index in [2.05, 4.69) is 10.3 Å². The lowest BCUT2D eigenvalue weighted by Gasteiger charge is -2.19. The Hall–Kier alpha value is -2.50. The maximum Gasteiger partial charge on any atom is 0.407 e. The van der Waals surface area contributed by atoms with E-state index < -0.39 is 23.7 Å². The second-order valence-corrected chi connectivity index (χ2v) is 6.36. The molecule has 2 rings (SSSR count). The standard InChI is InChI=1S/C18H20F2N2O2/c1-18(2,3)24-17(23)22-11-12-4-9-15(21-10-12)16(20)13-5-7-14(19)8-6-13/h4-10,16H,11H2,1-3H3,(H,22,23). The van der Waals surface area contributed by atoms with E-state index in [0.29, 0.717) is 5.56 Å². The van der Waals surface area contributed by atoms with Crippen molar-refractivity contribution < 1.29 is 18.3 Å². The summed E-state index contributed by atoms with van der Waals surface area (Å²) in [5.41, 5.74) is 0.713. The van der Waals surface area contributed by atoms with E-state index in [-0.39, 0.29) is 12.2 Å². The van der Waals surface area contributed by atoms with Gasteiger partial charge < -0.3 is 10.1 Å². The van der Waals surface area contributed by atoms with Crippen molar-refractivity contribution in [2.45, 2.75) is 39.1 Å². The zero-order chi connectivity index (χ0) is 17.7. The number of carbonyl (C=O) groups excluding carboxylic acids is 1. The molecule has 1 atom stereocenters. The molecule has 1 aromatic carbocycles. The number of benzene rings is 1. The van der Waals surface area contributed by atoms with Crippen LogP contribution in [-0.4, -0.2) is 16.7 Å². The Kier molecular flexibility index (Phi) is 5.49. The molecule has 0 aliphatic rings. The maximum atomic E-state index is 14.4. The second kappa shape index (κ2) is 7.38. The number of halogens is 2. The molecule has 128 valence electrons. The summed E-state index contributed by atoms with van der Waals surface area (Å²) in [4.78, 5) is 15.6. The third kappa shape index (κ3) is 5.30. The van der Waals surface area contributed by atoms with Crippen LogP contribution in [0, 0.1) is 5.82 Å². The molecule has 0 saturated carbocycles. The van der Waals surface area contributed by atoms with E-state index in [9.17, 15) is 13.6 Å². The fourth-order valence-corrected chi connectivity index (χ4v) is 1.98. The van der Waals surface area contributed by atoms with Crippen LogP contribution in [0.15, 0.2) is 42.6 Å². The number of rotatable bonds is 4. The highest BCUT2D eigenvalue weighted by molar-refractivity contribution is 5.67. The largest absolute Gasteiger partial charge is 0.444 e. The van der Waals surface area contributed by atoms with Gasteiger partial charge in [0, 0.05) is 12.7 Å². The van der Waals surface area contributed by atoms with Gasteiger partial charge in [-0.3, -0.25) is 4.98 Å². The van der Waals surface area contributed by atoms with Crippen LogP contribution in [0.2, 0.25) is 0 Å². The summed E-state index contributed by atoms with van der Waals surface area (Å²) in [5, 5.41) is 2.61. The average molecular weight is 334 g/mol. The van der Waals surface area contributed by atoms with Gasteiger partial charge in [-0.2, -0.15) is 0 Å². The lowest BCUT2D eigenvalue weighted by molar-refractivity contribution is 0.0523. The molecule has 0 saturated heterocycles. The van der Waals surface area contributed by atoms with Gasteiger partial charge in [0.15, 0.2) is 6.17 Å². The molecule has 4 nitrogen and oxygen atoms in total. The Bertz CT molecular complexity index is 680. The molecule has 6 heteroatoms.